The molecule has 0 saturated heterocycles. The maximum absolute atomic E-state index is 13.5. The molecule has 0 saturated carbocycles. The molecule has 0 bridgehead atoms. The lowest BCUT2D eigenvalue weighted by molar-refractivity contribution is -0.125. The van der Waals surface area contributed by atoms with Crippen molar-refractivity contribution in [1.82, 2.24) is 9.62 Å². The molecule has 10 nitrogen and oxygen atoms in total. The molecular formula is C26H37N3O7S. The number of nitrogens with zero attached hydrogens (tertiary/aromatic N) is 1. The van der Waals surface area contributed by atoms with Crippen LogP contribution in [0.25, 0.3) is 0 Å². The highest BCUT2D eigenvalue weighted by atomic mass is 32.2. The molecule has 4 N–H and O–H groups in total. The van der Waals surface area contributed by atoms with Crippen molar-refractivity contribution in [3.8, 4) is 5.75 Å². The summed E-state index contributed by atoms with van der Waals surface area (Å²) in [5.41, 5.74) is 5.98. The van der Waals surface area contributed by atoms with E-state index in [9.17, 15) is 23.1 Å². The second kappa shape index (κ2) is 14.6. The number of alkyl carbamates (subject to hydrolysis) is 1. The average Bonchev–Trinajstić information content (AvgIpc) is 2.88. The van der Waals surface area contributed by atoms with Gasteiger partial charge in [0.15, 0.2) is 6.10 Å². The number of amides is 2. The maximum Gasteiger partial charge on any atom is 0.408 e. The van der Waals surface area contributed by atoms with Crippen LogP contribution in [0.2, 0.25) is 0 Å². The zero-order valence-corrected chi connectivity index (χ0v) is 22.3. The van der Waals surface area contributed by atoms with Gasteiger partial charge in [0.25, 0.3) is 5.91 Å². The van der Waals surface area contributed by atoms with Crippen molar-refractivity contribution in [2.75, 3.05) is 20.2 Å². The number of methoxy groups -OCH3 is 1. The summed E-state index contributed by atoms with van der Waals surface area (Å²) in [5.74, 6) is -0.424. The van der Waals surface area contributed by atoms with Crippen molar-refractivity contribution in [3.63, 3.8) is 0 Å². The van der Waals surface area contributed by atoms with E-state index in [1.807, 2.05) is 37.3 Å². The van der Waals surface area contributed by atoms with Gasteiger partial charge in [-0.2, -0.15) is 4.31 Å². The van der Waals surface area contributed by atoms with Crippen molar-refractivity contribution in [1.29, 1.82) is 0 Å². The average molecular weight is 536 g/mol. The lowest BCUT2D eigenvalue weighted by Crippen LogP contribution is -2.51. The van der Waals surface area contributed by atoms with Gasteiger partial charge in [-0.3, -0.25) is 4.79 Å². The third kappa shape index (κ3) is 9.34. The molecule has 0 radical (unpaired) electrons. The van der Waals surface area contributed by atoms with E-state index in [4.69, 9.17) is 15.2 Å². The number of hydrogen-bond acceptors (Lipinski definition) is 7. The number of rotatable bonds is 15. The van der Waals surface area contributed by atoms with Crippen LogP contribution >= 0.6 is 0 Å². The normalized spacial score (nSPS) is 14.0. The molecule has 2 aromatic carbocycles. The smallest absolute Gasteiger partial charge is 0.408 e. The van der Waals surface area contributed by atoms with E-state index in [0.717, 1.165) is 18.4 Å². The largest absolute Gasteiger partial charge is 0.497 e. The molecule has 0 spiro atoms. The van der Waals surface area contributed by atoms with Gasteiger partial charge in [0.05, 0.1) is 24.2 Å². The molecule has 2 amide bonds. The van der Waals surface area contributed by atoms with Crippen molar-refractivity contribution in [3.05, 3.63) is 60.2 Å². The van der Waals surface area contributed by atoms with Crippen LogP contribution in [0, 0.1) is 0 Å². The van der Waals surface area contributed by atoms with Gasteiger partial charge in [0.1, 0.15) is 5.75 Å². The van der Waals surface area contributed by atoms with Gasteiger partial charge in [0.2, 0.25) is 10.0 Å². The van der Waals surface area contributed by atoms with Crippen LogP contribution in [0.4, 0.5) is 4.79 Å². The summed E-state index contributed by atoms with van der Waals surface area (Å²) in [6, 6.07) is 14.3. The van der Waals surface area contributed by atoms with E-state index in [2.05, 4.69) is 5.32 Å². The summed E-state index contributed by atoms with van der Waals surface area (Å²) in [6.07, 6.45) is -0.918. The Hall–Kier alpha value is -3.15. The summed E-state index contributed by atoms with van der Waals surface area (Å²) in [7, 11) is -2.54. The Labute approximate surface area is 218 Å². The molecule has 2 rings (SSSR count). The van der Waals surface area contributed by atoms with E-state index >= 15 is 0 Å². The van der Waals surface area contributed by atoms with Gasteiger partial charge in [-0.15, -0.1) is 0 Å². The number of nitrogens with two attached hydrogens (primary N) is 1. The summed E-state index contributed by atoms with van der Waals surface area (Å²) >= 11 is 0. The molecule has 37 heavy (non-hydrogen) atoms. The summed E-state index contributed by atoms with van der Waals surface area (Å²) in [4.78, 5) is 23.8. The molecule has 204 valence electrons. The van der Waals surface area contributed by atoms with Crippen molar-refractivity contribution in [2.24, 2.45) is 5.73 Å². The quantitative estimate of drug-likeness (QED) is 0.297. The van der Waals surface area contributed by atoms with Crippen molar-refractivity contribution < 1.29 is 32.6 Å². The van der Waals surface area contributed by atoms with Gasteiger partial charge in [-0.1, -0.05) is 56.2 Å². The summed E-state index contributed by atoms with van der Waals surface area (Å²) in [5, 5.41) is 13.8. The van der Waals surface area contributed by atoms with Crippen LogP contribution in [-0.2, 0) is 26.0 Å². The lowest BCUT2D eigenvalue weighted by Gasteiger charge is -2.30. The second-order valence-electron chi connectivity index (χ2n) is 8.71. The number of nitrogens with one attached hydrogen (secondary N) is 1. The fourth-order valence-corrected chi connectivity index (χ4v) is 5.18. The van der Waals surface area contributed by atoms with Crippen molar-refractivity contribution in [2.45, 2.75) is 62.7 Å². The van der Waals surface area contributed by atoms with Crippen LogP contribution in [0.1, 0.15) is 38.7 Å². The molecule has 0 aliphatic rings. The molecule has 0 unspecified atom stereocenters. The minimum absolute atomic E-state index is 0.0396. The van der Waals surface area contributed by atoms with Gasteiger partial charge in [-0.05, 0) is 37.5 Å². The van der Waals surface area contributed by atoms with E-state index in [-0.39, 0.29) is 24.4 Å². The Bertz CT molecular complexity index is 1110. The Balaban J connectivity index is 2.31. The number of aliphatic hydroxyl groups is 1. The molecule has 0 aliphatic heterocycles. The predicted octanol–water partition coefficient (Wildman–Crippen LogP) is 2.45. The van der Waals surface area contributed by atoms with Crippen LogP contribution < -0.4 is 15.8 Å². The highest BCUT2D eigenvalue weighted by Crippen LogP contribution is 2.22. The first-order valence-electron chi connectivity index (χ1n) is 12.2. The first-order valence-corrected chi connectivity index (χ1v) is 13.6. The van der Waals surface area contributed by atoms with Crippen LogP contribution in [0.15, 0.2) is 59.5 Å². The SMILES string of the molecule is CCCCCN(C[C@@H](O)[C@H](Cc1ccccc1)NC(=O)O[C@H](C)C(N)=O)S(=O)(=O)c1cccc(OC)c1. The first-order chi connectivity index (χ1) is 17.6. The number of ether oxygens (including phenoxy) is 2. The third-order valence-corrected chi connectivity index (χ3v) is 7.69. The highest BCUT2D eigenvalue weighted by molar-refractivity contribution is 7.89. The standard InChI is InChI=1S/C26H37N3O7S/c1-4-5-9-15-29(37(33,34)22-14-10-13-21(17-22)35-3)18-24(30)23(16-20-11-7-6-8-12-20)28-26(32)36-19(2)25(27)31/h6-8,10-14,17,19,23-24,30H,4-5,9,15-16,18H2,1-3H3,(H2,27,31)(H,28,32)/t19-,23+,24-/m1/s1. The maximum atomic E-state index is 13.5. The fourth-order valence-electron chi connectivity index (χ4n) is 3.65. The summed E-state index contributed by atoms with van der Waals surface area (Å²) in [6.45, 7) is 3.26. The van der Waals surface area contributed by atoms with Gasteiger partial charge in [-0.25, -0.2) is 13.2 Å². The number of hydrogen-bond donors (Lipinski definition) is 3. The van der Waals surface area contributed by atoms with E-state index in [1.54, 1.807) is 12.1 Å². The van der Waals surface area contributed by atoms with Gasteiger partial charge in [0, 0.05) is 19.2 Å². The Morgan fingerprint density at radius 2 is 1.81 bits per heavy atom. The number of primary amides is 1. The predicted molar refractivity (Wildman–Crippen MR) is 139 cm³/mol. The zero-order valence-electron chi connectivity index (χ0n) is 21.5. The molecule has 0 aliphatic carbocycles. The minimum atomic E-state index is -3.99. The van der Waals surface area contributed by atoms with E-state index in [1.165, 1.54) is 30.5 Å². The number of carbonyl (C=O) groups excluding carboxylic acids is 2. The van der Waals surface area contributed by atoms with Crippen LogP contribution in [-0.4, -0.2) is 68.3 Å². The van der Waals surface area contributed by atoms with Crippen molar-refractivity contribution >= 4 is 22.0 Å². The molecule has 0 aromatic heterocycles. The van der Waals surface area contributed by atoms with Crippen LogP contribution in [0.3, 0.4) is 0 Å². The monoisotopic (exact) mass is 535 g/mol. The molecule has 0 heterocycles. The molecule has 3 atom stereocenters. The molecular weight excluding hydrogens is 498 g/mol. The number of sulfonamides is 1. The number of benzene rings is 2. The third-order valence-electron chi connectivity index (χ3n) is 5.83. The molecule has 2 aromatic rings. The Morgan fingerprint density at radius 3 is 2.43 bits per heavy atom. The summed E-state index contributed by atoms with van der Waals surface area (Å²) < 4.78 is 38.5. The highest BCUT2D eigenvalue weighted by Gasteiger charge is 2.31. The second-order valence-corrected chi connectivity index (χ2v) is 10.6. The number of unbranched alkanes of at least 4 members (excludes halogenated alkanes) is 2. The number of aliphatic hydroxyl groups excluding tert-OH is 1. The van der Waals surface area contributed by atoms with Gasteiger partial charge < -0.3 is 25.6 Å². The number of carbonyl (C=O) groups is 2. The van der Waals surface area contributed by atoms with Crippen LogP contribution in [0.5, 0.6) is 5.75 Å². The zero-order chi connectivity index (χ0) is 27.4. The Morgan fingerprint density at radius 1 is 1.11 bits per heavy atom. The van der Waals surface area contributed by atoms with E-state index in [0.29, 0.717) is 12.2 Å². The Kier molecular flexibility index (Phi) is 11.8. The molecule has 0 fully saturated rings. The topological polar surface area (TPSA) is 148 Å². The van der Waals surface area contributed by atoms with Gasteiger partial charge >= 0.3 is 6.09 Å². The lowest BCUT2D eigenvalue weighted by atomic mass is 10.0. The first kappa shape index (κ1) is 30.1. The van der Waals surface area contributed by atoms with E-state index < -0.39 is 40.3 Å². The molecule has 11 heteroatoms. The fraction of sp³-hybridized carbons (Fsp3) is 0.462. The minimum Gasteiger partial charge on any atom is -0.497 e.